The van der Waals surface area contributed by atoms with Crippen LogP contribution in [0, 0.1) is 6.92 Å². The second-order valence-electron chi connectivity index (χ2n) is 4.72. The predicted octanol–water partition coefficient (Wildman–Crippen LogP) is 1.75. The second-order valence-corrected chi connectivity index (χ2v) is 4.72. The van der Waals surface area contributed by atoms with Crippen molar-refractivity contribution in [3.05, 3.63) is 42.4 Å². The third-order valence-electron chi connectivity index (χ3n) is 3.42. The lowest BCUT2D eigenvalue weighted by Gasteiger charge is -2.20. The van der Waals surface area contributed by atoms with Gasteiger partial charge in [0.2, 0.25) is 0 Å². The van der Waals surface area contributed by atoms with E-state index in [1.54, 1.807) is 0 Å². The summed E-state index contributed by atoms with van der Waals surface area (Å²) in [6, 6.07) is 10.2. The first kappa shape index (κ1) is 11.3. The van der Waals surface area contributed by atoms with Crippen molar-refractivity contribution in [3.63, 3.8) is 0 Å². The number of para-hydroxylation sites is 1. The van der Waals surface area contributed by atoms with E-state index in [0.717, 1.165) is 30.3 Å². The van der Waals surface area contributed by atoms with E-state index in [0.29, 0.717) is 6.54 Å². The third kappa shape index (κ3) is 1.88. The molecule has 1 aliphatic heterocycles. The molecule has 0 saturated carbocycles. The number of aryl methyl sites for hydroxylation is 1. The lowest BCUT2D eigenvalue weighted by Crippen LogP contribution is -2.23. The number of imidazole rings is 1. The highest BCUT2D eigenvalue weighted by atomic mass is 16.3. The Bertz CT molecular complexity index is 535. The molecule has 0 aliphatic carbocycles. The van der Waals surface area contributed by atoms with Gasteiger partial charge in [0.1, 0.15) is 11.6 Å². The molecule has 0 bridgehead atoms. The van der Waals surface area contributed by atoms with Gasteiger partial charge in [0.05, 0.1) is 12.3 Å². The molecule has 2 aromatic rings. The number of rotatable bonds is 2. The van der Waals surface area contributed by atoms with Crippen LogP contribution in [0.2, 0.25) is 0 Å². The van der Waals surface area contributed by atoms with Crippen LogP contribution in [-0.2, 0) is 0 Å². The van der Waals surface area contributed by atoms with Gasteiger partial charge in [0.15, 0.2) is 0 Å². The summed E-state index contributed by atoms with van der Waals surface area (Å²) < 4.78 is 2.14. The summed E-state index contributed by atoms with van der Waals surface area (Å²) in [5.41, 5.74) is 1.11. The molecule has 1 aliphatic rings. The Morgan fingerprint density at radius 1 is 1.28 bits per heavy atom. The van der Waals surface area contributed by atoms with Crippen molar-refractivity contribution in [2.45, 2.75) is 19.4 Å². The Labute approximate surface area is 107 Å². The van der Waals surface area contributed by atoms with Crippen LogP contribution < -0.4 is 4.90 Å². The van der Waals surface area contributed by atoms with Gasteiger partial charge in [-0.2, -0.15) is 0 Å². The zero-order valence-corrected chi connectivity index (χ0v) is 10.5. The quantitative estimate of drug-likeness (QED) is 0.873. The molecule has 3 rings (SSSR count). The number of aromatic nitrogens is 2. The third-order valence-corrected chi connectivity index (χ3v) is 3.42. The molecule has 0 spiro atoms. The van der Waals surface area contributed by atoms with E-state index < -0.39 is 0 Å². The van der Waals surface area contributed by atoms with Gasteiger partial charge in [-0.25, -0.2) is 4.98 Å². The maximum atomic E-state index is 9.66. The summed E-state index contributed by atoms with van der Waals surface area (Å²) in [4.78, 5) is 6.59. The predicted molar refractivity (Wildman–Crippen MR) is 71.1 cm³/mol. The van der Waals surface area contributed by atoms with Gasteiger partial charge in [-0.15, -0.1) is 0 Å². The van der Waals surface area contributed by atoms with E-state index in [4.69, 9.17) is 0 Å². The maximum Gasteiger partial charge on any atom is 0.133 e. The smallest absolute Gasteiger partial charge is 0.133 e. The molecule has 0 amide bonds. The lowest BCUT2D eigenvalue weighted by molar-refractivity contribution is 0.198. The summed E-state index contributed by atoms with van der Waals surface area (Å²) in [5.74, 6) is 2.04. The number of benzene rings is 1. The molecule has 94 valence electrons. The maximum absolute atomic E-state index is 9.66. The van der Waals surface area contributed by atoms with Gasteiger partial charge in [-0.05, 0) is 25.5 Å². The van der Waals surface area contributed by atoms with Crippen molar-refractivity contribution in [1.82, 2.24) is 9.55 Å². The molecular weight excluding hydrogens is 226 g/mol. The van der Waals surface area contributed by atoms with Crippen LogP contribution >= 0.6 is 0 Å². The normalized spacial score (nSPS) is 19.4. The van der Waals surface area contributed by atoms with E-state index in [1.165, 1.54) is 0 Å². The molecule has 18 heavy (non-hydrogen) atoms. The van der Waals surface area contributed by atoms with Crippen molar-refractivity contribution < 1.29 is 5.11 Å². The SMILES string of the molecule is Cc1ncc(N2CCC(O)C2)n1-c1ccccc1. The van der Waals surface area contributed by atoms with E-state index in [1.807, 2.05) is 31.3 Å². The minimum atomic E-state index is -0.218. The monoisotopic (exact) mass is 243 g/mol. The van der Waals surface area contributed by atoms with E-state index in [9.17, 15) is 5.11 Å². The Balaban J connectivity index is 2.02. The molecule has 1 unspecified atom stereocenters. The van der Waals surface area contributed by atoms with Crippen LogP contribution in [0.5, 0.6) is 0 Å². The minimum Gasteiger partial charge on any atom is -0.391 e. The molecule has 2 heterocycles. The fourth-order valence-electron chi connectivity index (χ4n) is 2.50. The number of nitrogens with zero attached hydrogens (tertiary/aromatic N) is 3. The fourth-order valence-corrected chi connectivity index (χ4v) is 2.50. The Hall–Kier alpha value is -1.81. The van der Waals surface area contributed by atoms with E-state index in [-0.39, 0.29) is 6.10 Å². The molecular formula is C14H17N3O. The number of anilines is 1. The highest BCUT2D eigenvalue weighted by molar-refractivity contribution is 5.49. The van der Waals surface area contributed by atoms with Crippen molar-refractivity contribution in [1.29, 1.82) is 0 Å². The van der Waals surface area contributed by atoms with Gasteiger partial charge in [0, 0.05) is 18.8 Å². The summed E-state index contributed by atoms with van der Waals surface area (Å²) in [6.45, 7) is 3.58. The Kier molecular flexibility index (Phi) is 2.80. The number of β-amino-alcohol motifs (C(OH)–C–C–N with tert-alkyl or cyclic N) is 1. The topological polar surface area (TPSA) is 41.3 Å². The van der Waals surface area contributed by atoms with Crippen LogP contribution in [0.3, 0.4) is 0 Å². The van der Waals surface area contributed by atoms with Crippen molar-refractivity contribution in [2.75, 3.05) is 18.0 Å². The van der Waals surface area contributed by atoms with Gasteiger partial charge < -0.3 is 10.0 Å². The van der Waals surface area contributed by atoms with Crippen molar-refractivity contribution in [3.8, 4) is 5.69 Å². The summed E-state index contributed by atoms with van der Waals surface area (Å²) in [6.07, 6.45) is 2.50. The largest absolute Gasteiger partial charge is 0.391 e. The molecule has 1 saturated heterocycles. The molecule has 1 N–H and O–H groups in total. The molecule has 1 atom stereocenters. The molecule has 4 heteroatoms. The molecule has 1 aromatic carbocycles. The molecule has 1 fully saturated rings. The van der Waals surface area contributed by atoms with Crippen LogP contribution in [0.4, 0.5) is 5.82 Å². The standard InChI is InChI=1S/C14H17N3O/c1-11-15-9-14(16-8-7-13(18)10-16)17(11)12-5-3-2-4-6-12/h2-6,9,13,18H,7-8,10H2,1H3. The molecule has 0 radical (unpaired) electrons. The number of hydrogen-bond donors (Lipinski definition) is 1. The first-order chi connectivity index (χ1) is 8.75. The van der Waals surface area contributed by atoms with E-state index in [2.05, 4.69) is 26.6 Å². The highest BCUT2D eigenvalue weighted by Gasteiger charge is 2.24. The van der Waals surface area contributed by atoms with Crippen LogP contribution in [-0.4, -0.2) is 33.9 Å². The zero-order chi connectivity index (χ0) is 12.5. The fraction of sp³-hybridized carbons (Fsp3) is 0.357. The second kappa shape index (κ2) is 4.46. The number of aliphatic hydroxyl groups is 1. The summed E-state index contributed by atoms with van der Waals surface area (Å²) in [5, 5.41) is 9.66. The van der Waals surface area contributed by atoms with Gasteiger partial charge in [-0.1, -0.05) is 18.2 Å². The van der Waals surface area contributed by atoms with Gasteiger partial charge >= 0.3 is 0 Å². The summed E-state index contributed by atoms with van der Waals surface area (Å²) in [7, 11) is 0. The first-order valence-corrected chi connectivity index (χ1v) is 6.28. The van der Waals surface area contributed by atoms with Gasteiger partial charge in [-0.3, -0.25) is 4.57 Å². The molecule has 1 aromatic heterocycles. The number of hydrogen-bond acceptors (Lipinski definition) is 3. The average Bonchev–Trinajstić information content (AvgIpc) is 2.96. The van der Waals surface area contributed by atoms with Crippen molar-refractivity contribution >= 4 is 5.82 Å². The summed E-state index contributed by atoms with van der Waals surface area (Å²) >= 11 is 0. The van der Waals surface area contributed by atoms with Gasteiger partial charge in [0.25, 0.3) is 0 Å². The first-order valence-electron chi connectivity index (χ1n) is 6.28. The van der Waals surface area contributed by atoms with Crippen LogP contribution in [0.1, 0.15) is 12.2 Å². The zero-order valence-electron chi connectivity index (χ0n) is 10.5. The van der Waals surface area contributed by atoms with E-state index >= 15 is 0 Å². The van der Waals surface area contributed by atoms with Crippen LogP contribution in [0.15, 0.2) is 36.5 Å². The number of aliphatic hydroxyl groups excluding tert-OH is 1. The highest BCUT2D eigenvalue weighted by Crippen LogP contribution is 2.25. The average molecular weight is 243 g/mol. The Morgan fingerprint density at radius 3 is 2.72 bits per heavy atom. The van der Waals surface area contributed by atoms with Crippen LogP contribution in [0.25, 0.3) is 5.69 Å². The molecule has 4 nitrogen and oxygen atoms in total. The van der Waals surface area contributed by atoms with Crippen molar-refractivity contribution in [2.24, 2.45) is 0 Å². The Morgan fingerprint density at radius 2 is 2.06 bits per heavy atom. The minimum absolute atomic E-state index is 0.218. The lowest BCUT2D eigenvalue weighted by atomic mass is 10.3.